The Balaban J connectivity index is 2.23. The average molecular weight is 324 g/mol. The molecule has 0 atom stereocenters. The van der Waals surface area contributed by atoms with Crippen LogP contribution in [0.2, 0.25) is 5.02 Å². The summed E-state index contributed by atoms with van der Waals surface area (Å²) in [5.41, 5.74) is 5.67. The van der Waals surface area contributed by atoms with E-state index in [1.807, 2.05) is 0 Å². The normalized spacial score (nSPS) is 11.8. The van der Waals surface area contributed by atoms with Crippen LogP contribution in [0.15, 0.2) is 42.5 Å². The Morgan fingerprint density at radius 1 is 1.00 bits per heavy atom. The van der Waals surface area contributed by atoms with Gasteiger partial charge in [0.1, 0.15) is 5.82 Å². The summed E-state index contributed by atoms with van der Waals surface area (Å²) >= 11 is 6.00. The minimum atomic E-state index is -4.47. The number of nitrogens with zero attached hydrogens (tertiary/aromatic N) is 2. The quantitative estimate of drug-likeness (QED) is 0.714. The van der Waals surface area contributed by atoms with Crippen LogP contribution in [0.4, 0.5) is 19.0 Å². The van der Waals surface area contributed by atoms with Crippen molar-refractivity contribution in [1.82, 2.24) is 9.97 Å². The van der Waals surface area contributed by atoms with E-state index in [1.54, 1.807) is 24.3 Å². The SMILES string of the molecule is Nc1nc(-c2cc(C(F)(F)F)ccc2Cl)nc2ccccc12. The van der Waals surface area contributed by atoms with Crippen molar-refractivity contribution in [3.05, 3.63) is 53.1 Å². The molecular formula is C15H9ClF3N3. The number of anilines is 1. The van der Waals surface area contributed by atoms with Crippen LogP contribution < -0.4 is 5.73 Å². The van der Waals surface area contributed by atoms with Crippen LogP contribution in [0, 0.1) is 0 Å². The van der Waals surface area contributed by atoms with E-state index in [-0.39, 0.29) is 22.2 Å². The van der Waals surface area contributed by atoms with Crippen LogP contribution >= 0.6 is 11.6 Å². The summed E-state index contributed by atoms with van der Waals surface area (Å²) in [4.78, 5) is 8.32. The van der Waals surface area contributed by atoms with Crippen LogP contribution in [-0.4, -0.2) is 9.97 Å². The van der Waals surface area contributed by atoms with E-state index < -0.39 is 11.7 Å². The third kappa shape index (κ3) is 2.57. The van der Waals surface area contributed by atoms with Gasteiger partial charge in [-0.1, -0.05) is 23.7 Å². The second-order valence-electron chi connectivity index (χ2n) is 4.64. The molecule has 0 aliphatic rings. The molecule has 0 bridgehead atoms. The molecule has 0 fully saturated rings. The summed E-state index contributed by atoms with van der Waals surface area (Å²) < 4.78 is 38.5. The first-order chi connectivity index (χ1) is 10.4. The van der Waals surface area contributed by atoms with Gasteiger partial charge in [0.2, 0.25) is 0 Å². The Kier molecular flexibility index (Phi) is 3.41. The number of hydrogen-bond donors (Lipinski definition) is 1. The average Bonchev–Trinajstić information content (AvgIpc) is 2.46. The van der Waals surface area contributed by atoms with Gasteiger partial charge < -0.3 is 5.73 Å². The lowest BCUT2D eigenvalue weighted by Crippen LogP contribution is -2.05. The fourth-order valence-electron chi connectivity index (χ4n) is 2.09. The Morgan fingerprint density at radius 3 is 2.45 bits per heavy atom. The third-order valence-electron chi connectivity index (χ3n) is 3.17. The largest absolute Gasteiger partial charge is 0.416 e. The molecule has 0 aliphatic carbocycles. The van der Waals surface area contributed by atoms with Crippen molar-refractivity contribution in [2.24, 2.45) is 0 Å². The summed E-state index contributed by atoms with van der Waals surface area (Å²) in [6.07, 6.45) is -4.47. The molecule has 1 heterocycles. The first kappa shape index (κ1) is 14.6. The van der Waals surface area contributed by atoms with Gasteiger partial charge in [0.05, 0.1) is 16.1 Å². The molecule has 0 unspecified atom stereocenters. The van der Waals surface area contributed by atoms with Crippen molar-refractivity contribution in [3.63, 3.8) is 0 Å². The van der Waals surface area contributed by atoms with E-state index >= 15 is 0 Å². The number of benzene rings is 2. The zero-order valence-electron chi connectivity index (χ0n) is 11.0. The van der Waals surface area contributed by atoms with Crippen LogP contribution in [0.5, 0.6) is 0 Å². The molecule has 22 heavy (non-hydrogen) atoms. The number of alkyl halides is 3. The highest BCUT2D eigenvalue weighted by molar-refractivity contribution is 6.33. The number of aromatic nitrogens is 2. The van der Waals surface area contributed by atoms with Gasteiger partial charge in [-0.15, -0.1) is 0 Å². The summed E-state index contributed by atoms with van der Waals surface area (Å²) in [6.45, 7) is 0. The van der Waals surface area contributed by atoms with Crippen molar-refractivity contribution in [2.75, 3.05) is 5.73 Å². The summed E-state index contributed by atoms with van der Waals surface area (Å²) in [6, 6.07) is 9.99. The first-order valence-corrected chi connectivity index (χ1v) is 6.63. The van der Waals surface area contributed by atoms with Gasteiger partial charge in [0.15, 0.2) is 5.82 Å². The molecule has 1 aromatic heterocycles. The highest BCUT2D eigenvalue weighted by atomic mass is 35.5. The molecular weight excluding hydrogens is 315 g/mol. The molecule has 112 valence electrons. The molecule has 2 N–H and O–H groups in total. The summed E-state index contributed by atoms with van der Waals surface area (Å²) in [5.74, 6) is 0.251. The zero-order chi connectivity index (χ0) is 15.9. The maximum Gasteiger partial charge on any atom is 0.416 e. The van der Waals surface area contributed by atoms with E-state index in [0.29, 0.717) is 10.9 Å². The van der Waals surface area contributed by atoms with Gasteiger partial charge in [-0.3, -0.25) is 0 Å². The van der Waals surface area contributed by atoms with Gasteiger partial charge in [-0.05, 0) is 30.3 Å². The minimum absolute atomic E-state index is 0.0623. The standard InChI is InChI=1S/C15H9ClF3N3/c16-11-6-5-8(15(17,18)19)7-10(11)14-21-12-4-2-1-3-9(12)13(20)22-14/h1-7H,(H2,20,21,22). The molecule has 0 spiro atoms. The van der Waals surface area contributed by atoms with Gasteiger partial charge in [-0.2, -0.15) is 13.2 Å². The number of nitrogens with two attached hydrogens (primary N) is 1. The molecule has 0 radical (unpaired) electrons. The molecule has 0 aliphatic heterocycles. The maximum atomic E-state index is 12.8. The predicted molar refractivity (Wildman–Crippen MR) is 79.4 cm³/mol. The first-order valence-electron chi connectivity index (χ1n) is 6.25. The van der Waals surface area contributed by atoms with E-state index in [4.69, 9.17) is 17.3 Å². The van der Waals surface area contributed by atoms with Gasteiger partial charge in [0.25, 0.3) is 0 Å². The van der Waals surface area contributed by atoms with Crippen molar-refractivity contribution in [2.45, 2.75) is 6.18 Å². The van der Waals surface area contributed by atoms with Gasteiger partial charge in [-0.25, -0.2) is 9.97 Å². The maximum absolute atomic E-state index is 12.8. The highest BCUT2D eigenvalue weighted by Crippen LogP contribution is 2.35. The second-order valence-corrected chi connectivity index (χ2v) is 5.05. The lowest BCUT2D eigenvalue weighted by Gasteiger charge is -2.11. The summed E-state index contributed by atoms with van der Waals surface area (Å²) in [5, 5.41) is 0.761. The smallest absolute Gasteiger partial charge is 0.383 e. The number of para-hydroxylation sites is 1. The Labute approximate surface area is 128 Å². The van der Waals surface area contributed by atoms with Crippen molar-refractivity contribution < 1.29 is 13.2 Å². The molecule has 0 amide bonds. The molecule has 0 saturated carbocycles. The van der Waals surface area contributed by atoms with Gasteiger partial charge >= 0.3 is 6.18 Å². The highest BCUT2D eigenvalue weighted by Gasteiger charge is 2.31. The topological polar surface area (TPSA) is 51.8 Å². The number of rotatable bonds is 1. The van der Waals surface area contributed by atoms with E-state index in [2.05, 4.69) is 9.97 Å². The van der Waals surface area contributed by atoms with Crippen LogP contribution in [0.25, 0.3) is 22.3 Å². The number of nitrogen functional groups attached to an aromatic ring is 1. The van der Waals surface area contributed by atoms with Crippen LogP contribution in [0.1, 0.15) is 5.56 Å². The Bertz CT molecular complexity index is 862. The zero-order valence-corrected chi connectivity index (χ0v) is 11.8. The molecule has 2 aromatic carbocycles. The predicted octanol–water partition coefficient (Wildman–Crippen LogP) is 4.55. The Hall–Kier alpha value is -2.34. The third-order valence-corrected chi connectivity index (χ3v) is 3.50. The lowest BCUT2D eigenvalue weighted by atomic mass is 10.1. The fraction of sp³-hybridized carbons (Fsp3) is 0.0667. The molecule has 7 heteroatoms. The monoisotopic (exact) mass is 323 g/mol. The van der Waals surface area contributed by atoms with Crippen LogP contribution in [0.3, 0.4) is 0 Å². The van der Waals surface area contributed by atoms with Crippen LogP contribution in [-0.2, 0) is 6.18 Å². The molecule has 3 nitrogen and oxygen atoms in total. The second kappa shape index (κ2) is 5.14. The van der Waals surface area contributed by atoms with Crippen molar-refractivity contribution in [1.29, 1.82) is 0 Å². The van der Waals surface area contributed by atoms with Crippen molar-refractivity contribution >= 4 is 28.3 Å². The molecule has 0 saturated heterocycles. The van der Waals surface area contributed by atoms with E-state index in [1.165, 1.54) is 6.07 Å². The van der Waals surface area contributed by atoms with E-state index in [0.717, 1.165) is 12.1 Å². The molecule has 3 rings (SSSR count). The number of halogens is 4. The van der Waals surface area contributed by atoms with Gasteiger partial charge in [0, 0.05) is 10.9 Å². The van der Waals surface area contributed by atoms with Crippen molar-refractivity contribution in [3.8, 4) is 11.4 Å². The number of fused-ring (bicyclic) bond motifs is 1. The fourth-order valence-corrected chi connectivity index (χ4v) is 2.30. The Morgan fingerprint density at radius 2 is 1.73 bits per heavy atom. The molecule has 3 aromatic rings. The lowest BCUT2D eigenvalue weighted by molar-refractivity contribution is -0.137. The van der Waals surface area contributed by atoms with E-state index in [9.17, 15) is 13.2 Å². The minimum Gasteiger partial charge on any atom is -0.383 e. The summed E-state index contributed by atoms with van der Waals surface area (Å²) in [7, 11) is 0. The number of hydrogen-bond acceptors (Lipinski definition) is 3.